The predicted octanol–water partition coefficient (Wildman–Crippen LogP) is 2.52. The Morgan fingerprint density at radius 3 is 2.78 bits per heavy atom. The van der Waals surface area contributed by atoms with E-state index in [0.717, 1.165) is 4.88 Å². The van der Waals surface area contributed by atoms with E-state index in [2.05, 4.69) is 10.1 Å². The van der Waals surface area contributed by atoms with Gasteiger partial charge in [-0.05, 0) is 17.4 Å². The molecule has 98 valence electrons. The van der Waals surface area contributed by atoms with E-state index < -0.39 is 0 Å². The van der Waals surface area contributed by atoms with Crippen molar-refractivity contribution in [3.8, 4) is 0 Å². The summed E-state index contributed by atoms with van der Waals surface area (Å²) in [7, 11) is 1.64. The standard InChI is InChI=1S/C12H17N3O2S/c1-7(2)10(16-3)11-14-12(17-15-11)9(13)8-5-4-6-18-8/h4-7,9-10H,13H2,1-3H3. The van der Waals surface area contributed by atoms with Gasteiger partial charge in [0.2, 0.25) is 11.7 Å². The Bertz CT molecular complexity index is 481. The molecule has 0 radical (unpaired) electrons. The van der Waals surface area contributed by atoms with Crippen molar-refractivity contribution in [3.05, 3.63) is 34.1 Å². The monoisotopic (exact) mass is 267 g/mol. The molecule has 2 atom stereocenters. The summed E-state index contributed by atoms with van der Waals surface area (Å²) >= 11 is 1.57. The SMILES string of the molecule is COC(c1noc(C(N)c2cccs2)n1)C(C)C. The highest BCUT2D eigenvalue weighted by Crippen LogP contribution is 2.26. The fraction of sp³-hybridized carbons (Fsp3) is 0.500. The van der Waals surface area contributed by atoms with Crippen molar-refractivity contribution in [3.63, 3.8) is 0 Å². The highest BCUT2D eigenvalue weighted by molar-refractivity contribution is 7.10. The maximum absolute atomic E-state index is 6.07. The average molecular weight is 267 g/mol. The number of hydrogen-bond acceptors (Lipinski definition) is 6. The van der Waals surface area contributed by atoms with Crippen molar-refractivity contribution in [2.45, 2.75) is 26.0 Å². The number of thiophene rings is 1. The molecule has 2 aromatic rings. The first-order chi connectivity index (χ1) is 8.63. The topological polar surface area (TPSA) is 74.2 Å². The maximum atomic E-state index is 6.07. The van der Waals surface area contributed by atoms with Gasteiger partial charge in [0, 0.05) is 12.0 Å². The first kappa shape index (κ1) is 13.2. The quantitative estimate of drug-likeness (QED) is 0.901. The summed E-state index contributed by atoms with van der Waals surface area (Å²) in [6.45, 7) is 4.09. The molecule has 2 N–H and O–H groups in total. The van der Waals surface area contributed by atoms with E-state index in [4.69, 9.17) is 15.0 Å². The summed E-state index contributed by atoms with van der Waals surface area (Å²) in [6, 6.07) is 3.54. The summed E-state index contributed by atoms with van der Waals surface area (Å²) in [5.41, 5.74) is 6.07. The zero-order chi connectivity index (χ0) is 13.1. The molecule has 0 fully saturated rings. The van der Waals surface area contributed by atoms with Gasteiger partial charge >= 0.3 is 0 Å². The first-order valence-electron chi connectivity index (χ1n) is 5.78. The molecular formula is C12H17N3O2S. The van der Waals surface area contributed by atoms with Crippen molar-refractivity contribution < 1.29 is 9.26 Å². The Kier molecular flexibility index (Phi) is 4.11. The zero-order valence-corrected chi connectivity index (χ0v) is 11.5. The summed E-state index contributed by atoms with van der Waals surface area (Å²) in [4.78, 5) is 5.34. The van der Waals surface area contributed by atoms with Crippen LogP contribution in [0.25, 0.3) is 0 Å². The normalized spacial score (nSPS) is 14.9. The molecule has 0 bridgehead atoms. The van der Waals surface area contributed by atoms with Gasteiger partial charge in [0.05, 0.1) is 0 Å². The first-order valence-corrected chi connectivity index (χ1v) is 6.66. The molecule has 18 heavy (non-hydrogen) atoms. The van der Waals surface area contributed by atoms with Gasteiger partial charge in [-0.15, -0.1) is 11.3 Å². The molecule has 2 unspecified atom stereocenters. The predicted molar refractivity (Wildman–Crippen MR) is 69.2 cm³/mol. The molecule has 0 aromatic carbocycles. The van der Waals surface area contributed by atoms with Crippen LogP contribution in [0.15, 0.2) is 22.0 Å². The molecular weight excluding hydrogens is 250 g/mol. The molecule has 0 aliphatic heterocycles. The van der Waals surface area contributed by atoms with Crippen LogP contribution in [0.2, 0.25) is 0 Å². The van der Waals surface area contributed by atoms with Crippen LogP contribution in [0.3, 0.4) is 0 Å². The van der Waals surface area contributed by atoms with E-state index in [9.17, 15) is 0 Å². The van der Waals surface area contributed by atoms with Gasteiger partial charge in [-0.2, -0.15) is 4.98 Å². The Morgan fingerprint density at radius 2 is 2.22 bits per heavy atom. The fourth-order valence-electron chi connectivity index (χ4n) is 1.75. The van der Waals surface area contributed by atoms with E-state index in [-0.39, 0.29) is 18.1 Å². The highest BCUT2D eigenvalue weighted by Gasteiger charge is 2.24. The summed E-state index contributed by atoms with van der Waals surface area (Å²) in [5.74, 6) is 1.25. The van der Waals surface area contributed by atoms with Crippen molar-refractivity contribution in [1.82, 2.24) is 10.1 Å². The minimum atomic E-state index is -0.365. The second-order valence-electron chi connectivity index (χ2n) is 4.38. The lowest BCUT2D eigenvalue weighted by Crippen LogP contribution is -2.13. The van der Waals surface area contributed by atoms with Gasteiger partial charge in [-0.3, -0.25) is 0 Å². The molecule has 5 nitrogen and oxygen atoms in total. The van der Waals surface area contributed by atoms with Crippen molar-refractivity contribution >= 4 is 11.3 Å². The van der Waals surface area contributed by atoms with E-state index in [0.29, 0.717) is 11.7 Å². The largest absolute Gasteiger partial charge is 0.373 e. The molecule has 0 aliphatic rings. The van der Waals surface area contributed by atoms with Crippen LogP contribution in [-0.4, -0.2) is 17.3 Å². The molecule has 0 aliphatic carbocycles. The number of methoxy groups -OCH3 is 1. The highest BCUT2D eigenvalue weighted by atomic mass is 32.1. The molecule has 0 spiro atoms. The minimum Gasteiger partial charge on any atom is -0.373 e. The van der Waals surface area contributed by atoms with Crippen molar-refractivity contribution in [2.75, 3.05) is 7.11 Å². The lowest BCUT2D eigenvalue weighted by Gasteiger charge is -2.14. The van der Waals surface area contributed by atoms with E-state index in [1.54, 1.807) is 18.4 Å². The van der Waals surface area contributed by atoms with Gasteiger partial charge < -0.3 is 15.0 Å². The summed E-state index contributed by atoms with van der Waals surface area (Å²) in [5, 5.41) is 5.92. The molecule has 2 heterocycles. The van der Waals surface area contributed by atoms with Crippen molar-refractivity contribution in [2.24, 2.45) is 11.7 Å². The number of rotatable bonds is 5. The number of ether oxygens (including phenoxy) is 1. The van der Waals surface area contributed by atoms with E-state index in [1.807, 2.05) is 31.4 Å². The van der Waals surface area contributed by atoms with E-state index in [1.165, 1.54) is 0 Å². The third kappa shape index (κ3) is 2.60. The minimum absolute atomic E-state index is 0.168. The van der Waals surface area contributed by atoms with Gasteiger partial charge in [-0.25, -0.2) is 0 Å². The zero-order valence-electron chi connectivity index (χ0n) is 10.7. The second kappa shape index (κ2) is 5.60. The van der Waals surface area contributed by atoms with Gasteiger partial charge in [0.1, 0.15) is 12.1 Å². The third-order valence-electron chi connectivity index (χ3n) is 2.69. The summed E-state index contributed by atoms with van der Waals surface area (Å²) < 4.78 is 10.6. The Morgan fingerprint density at radius 1 is 1.44 bits per heavy atom. The smallest absolute Gasteiger partial charge is 0.249 e. The molecule has 2 rings (SSSR count). The number of aromatic nitrogens is 2. The van der Waals surface area contributed by atoms with Gasteiger partial charge in [-0.1, -0.05) is 25.1 Å². The second-order valence-corrected chi connectivity index (χ2v) is 5.36. The van der Waals surface area contributed by atoms with Crippen LogP contribution in [0.5, 0.6) is 0 Å². The summed E-state index contributed by atoms with van der Waals surface area (Å²) in [6.07, 6.45) is -0.168. The molecule has 2 aromatic heterocycles. The van der Waals surface area contributed by atoms with Crippen LogP contribution in [0.1, 0.15) is 42.6 Å². The average Bonchev–Trinajstić information content (AvgIpc) is 3.00. The Hall–Kier alpha value is -1.24. The Balaban J connectivity index is 2.20. The van der Waals surface area contributed by atoms with Crippen LogP contribution in [0.4, 0.5) is 0 Å². The lowest BCUT2D eigenvalue weighted by molar-refractivity contribution is 0.0555. The third-order valence-corrected chi connectivity index (χ3v) is 3.64. The van der Waals surface area contributed by atoms with Crippen LogP contribution >= 0.6 is 11.3 Å². The maximum Gasteiger partial charge on any atom is 0.249 e. The van der Waals surface area contributed by atoms with Crippen LogP contribution < -0.4 is 5.73 Å². The number of nitrogens with zero attached hydrogens (tertiary/aromatic N) is 2. The number of hydrogen-bond donors (Lipinski definition) is 1. The fourth-order valence-corrected chi connectivity index (χ4v) is 2.47. The van der Waals surface area contributed by atoms with E-state index >= 15 is 0 Å². The van der Waals surface area contributed by atoms with Gasteiger partial charge in [0.25, 0.3) is 0 Å². The Labute approximate surface area is 110 Å². The molecule has 0 saturated heterocycles. The van der Waals surface area contributed by atoms with Gasteiger partial charge in [0.15, 0.2) is 0 Å². The molecule has 0 amide bonds. The van der Waals surface area contributed by atoms with Crippen LogP contribution in [-0.2, 0) is 4.74 Å². The van der Waals surface area contributed by atoms with Crippen LogP contribution in [0, 0.1) is 5.92 Å². The van der Waals surface area contributed by atoms with Crippen molar-refractivity contribution in [1.29, 1.82) is 0 Å². The lowest BCUT2D eigenvalue weighted by atomic mass is 10.1. The number of nitrogens with two attached hydrogens (primary N) is 1. The molecule has 0 saturated carbocycles. The molecule has 6 heteroatoms.